The van der Waals surface area contributed by atoms with Crippen LogP contribution < -0.4 is 5.32 Å². The fourth-order valence-electron chi connectivity index (χ4n) is 0.926. The molecule has 0 aliphatic carbocycles. The maximum Gasteiger partial charge on any atom is 0.137 e. The van der Waals surface area contributed by atoms with Gasteiger partial charge in [-0.15, -0.1) is 11.3 Å². The van der Waals surface area contributed by atoms with Gasteiger partial charge in [0.1, 0.15) is 12.7 Å². The second-order valence-electron chi connectivity index (χ2n) is 3.13. The van der Waals surface area contributed by atoms with Gasteiger partial charge in [-0.2, -0.15) is 20.5 Å². The van der Waals surface area contributed by atoms with Crippen molar-refractivity contribution in [2.24, 2.45) is 0 Å². The van der Waals surface area contributed by atoms with Crippen LogP contribution in [0.15, 0.2) is 54.4 Å². The van der Waals surface area contributed by atoms with Crippen LogP contribution in [0.5, 0.6) is 0 Å². The minimum absolute atomic E-state index is 1.14. The molecule has 4 heterocycles. The van der Waals surface area contributed by atoms with Gasteiger partial charge in [-0.1, -0.05) is 6.08 Å². The Bertz CT molecular complexity index is 356. The number of H-pyrrole nitrogens is 2. The number of hydrogen-bond donors (Lipinski definition) is 3. The Hall–Kier alpha value is -2.55. The zero-order valence-corrected chi connectivity index (χ0v) is 11.6. The van der Waals surface area contributed by atoms with Gasteiger partial charge in [0.05, 0.1) is 17.9 Å². The molecule has 4 rings (SSSR count). The van der Waals surface area contributed by atoms with Crippen LogP contribution in [0.3, 0.4) is 0 Å². The molecule has 0 spiro atoms. The van der Waals surface area contributed by atoms with E-state index in [1.807, 2.05) is 11.6 Å². The molecular formula is C11H16N8S. The van der Waals surface area contributed by atoms with Crippen LogP contribution in [0, 0.1) is 0 Å². The summed E-state index contributed by atoms with van der Waals surface area (Å²) in [6, 6.07) is 0. The summed E-state index contributed by atoms with van der Waals surface area (Å²) in [5, 5.41) is 20.3. The average molecular weight is 292 g/mol. The maximum atomic E-state index is 3.74. The van der Waals surface area contributed by atoms with Crippen LogP contribution in [-0.4, -0.2) is 42.1 Å². The van der Waals surface area contributed by atoms with Crippen molar-refractivity contribution in [2.75, 3.05) is 6.54 Å². The molecular weight excluding hydrogens is 276 g/mol. The summed E-state index contributed by atoms with van der Waals surface area (Å²) in [5.41, 5.74) is 1.79. The molecule has 0 atom stereocenters. The van der Waals surface area contributed by atoms with Gasteiger partial charge in [0.2, 0.25) is 0 Å². The Labute approximate surface area is 120 Å². The highest BCUT2D eigenvalue weighted by Gasteiger charge is 1.81. The van der Waals surface area contributed by atoms with Crippen LogP contribution in [-0.2, 0) is 0 Å². The summed E-state index contributed by atoms with van der Waals surface area (Å²) < 4.78 is 0. The molecule has 0 fully saturated rings. The van der Waals surface area contributed by atoms with Crippen molar-refractivity contribution < 1.29 is 0 Å². The Morgan fingerprint density at radius 3 is 2.10 bits per heavy atom. The van der Waals surface area contributed by atoms with Crippen LogP contribution in [0.2, 0.25) is 0 Å². The van der Waals surface area contributed by atoms with Crippen molar-refractivity contribution in [3.63, 3.8) is 0 Å². The summed E-state index contributed by atoms with van der Waals surface area (Å²) in [6.45, 7) is 1.14. The third kappa shape index (κ3) is 10.6. The normalized spacial score (nSPS) is 10.8. The highest BCUT2D eigenvalue weighted by molar-refractivity contribution is 7.07. The lowest BCUT2D eigenvalue weighted by atomic mass is 10.5. The Morgan fingerprint density at radius 2 is 1.90 bits per heavy atom. The minimum Gasteiger partial charge on any atom is -0.391 e. The summed E-state index contributed by atoms with van der Waals surface area (Å²) in [4.78, 5) is 7.30. The fraction of sp³-hybridized carbons (Fsp3) is 0.182. The van der Waals surface area contributed by atoms with Crippen molar-refractivity contribution in [1.29, 1.82) is 0 Å². The van der Waals surface area contributed by atoms with E-state index in [1.54, 1.807) is 35.4 Å². The molecule has 3 aromatic rings. The lowest BCUT2D eigenvalue weighted by Gasteiger charge is -1.78. The average Bonchev–Trinajstić information content (AvgIpc) is 3.40. The number of rotatable bonds is 0. The quantitative estimate of drug-likeness (QED) is 0.575. The molecule has 106 valence electrons. The van der Waals surface area contributed by atoms with Crippen LogP contribution in [0.25, 0.3) is 0 Å². The van der Waals surface area contributed by atoms with E-state index in [0.29, 0.717) is 0 Å². The second-order valence-corrected chi connectivity index (χ2v) is 3.88. The highest BCUT2D eigenvalue weighted by atomic mass is 32.1. The van der Waals surface area contributed by atoms with Gasteiger partial charge in [-0.05, 0) is 12.6 Å². The van der Waals surface area contributed by atoms with Gasteiger partial charge in [-0.3, -0.25) is 10.1 Å². The molecule has 3 N–H and O–H groups in total. The third-order valence-corrected chi connectivity index (χ3v) is 2.22. The largest absolute Gasteiger partial charge is 0.391 e. The predicted molar refractivity (Wildman–Crippen MR) is 76.6 cm³/mol. The maximum absolute atomic E-state index is 3.74. The number of nitrogens with one attached hydrogen (secondary N) is 3. The summed E-state index contributed by atoms with van der Waals surface area (Å²) in [7, 11) is 0. The molecule has 0 amide bonds. The molecule has 0 saturated heterocycles. The van der Waals surface area contributed by atoms with E-state index < -0.39 is 0 Å². The first-order chi connectivity index (χ1) is 10.0. The van der Waals surface area contributed by atoms with E-state index in [4.69, 9.17) is 0 Å². The van der Waals surface area contributed by atoms with Crippen LogP contribution in [0.4, 0.5) is 0 Å². The number of aromatic nitrogens is 7. The highest BCUT2D eigenvalue weighted by Crippen LogP contribution is 1.86. The fourth-order valence-corrected chi connectivity index (χ4v) is 1.28. The Kier molecular flexibility index (Phi) is 10.00. The molecule has 0 saturated carbocycles. The molecule has 9 heteroatoms. The van der Waals surface area contributed by atoms with Crippen molar-refractivity contribution >= 4 is 11.3 Å². The summed E-state index contributed by atoms with van der Waals surface area (Å²) >= 11 is 1.60. The molecule has 0 aromatic carbocycles. The van der Waals surface area contributed by atoms with Gasteiger partial charge in [0, 0.05) is 18.1 Å². The molecule has 1 aliphatic rings. The molecule has 1 aliphatic heterocycles. The van der Waals surface area contributed by atoms with E-state index in [-0.39, 0.29) is 0 Å². The molecule has 8 nitrogen and oxygen atoms in total. The topological polar surface area (TPSA) is 108 Å². The van der Waals surface area contributed by atoms with Gasteiger partial charge >= 0.3 is 0 Å². The first-order valence-corrected chi connectivity index (χ1v) is 6.73. The van der Waals surface area contributed by atoms with E-state index in [1.165, 1.54) is 19.1 Å². The van der Waals surface area contributed by atoms with E-state index in [0.717, 1.165) is 6.54 Å². The Balaban J connectivity index is 0.000000133. The van der Waals surface area contributed by atoms with Crippen LogP contribution >= 0.6 is 11.3 Å². The first-order valence-electron chi connectivity index (χ1n) is 5.79. The van der Waals surface area contributed by atoms with Crippen molar-refractivity contribution in [3.8, 4) is 0 Å². The number of thiazole rings is 1. The lowest BCUT2D eigenvalue weighted by molar-refractivity contribution is 0.917. The summed E-state index contributed by atoms with van der Waals surface area (Å²) in [5.74, 6) is 0. The van der Waals surface area contributed by atoms with Gasteiger partial charge < -0.3 is 5.32 Å². The molecule has 0 unspecified atom stereocenters. The number of aromatic amines is 2. The number of nitrogens with zero attached hydrogens (tertiary/aromatic N) is 5. The molecule has 0 bridgehead atoms. The predicted octanol–water partition coefficient (Wildman–Crippen LogP) is 1.25. The second kappa shape index (κ2) is 12.9. The zero-order valence-electron chi connectivity index (χ0n) is 10.8. The van der Waals surface area contributed by atoms with E-state index >= 15 is 0 Å². The first kappa shape index (κ1) is 15.5. The van der Waals surface area contributed by atoms with Crippen molar-refractivity contribution in [3.05, 3.63) is 54.4 Å². The van der Waals surface area contributed by atoms with E-state index in [9.17, 15) is 0 Å². The molecule has 3 aromatic heterocycles. The minimum atomic E-state index is 1.14. The van der Waals surface area contributed by atoms with Gasteiger partial charge in [-0.25, -0.2) is 4.98 Å². The Morgan fingerprint density at radius 1 is 1.00 bits per heavy atom. The SMILES string of the molecule is C1=CNCC1.c1cn[nH]n1.c1cscn1.c1nc[nH]n1. The third-order valence-electron chi connectivity index (χ3n) is 1.70. The standard InChI is InChI=1S/C4H7N.C3H3NS.2C2H3N3/c1-2-4-5-3-1;1-2-5-3-4-1;1-3-2-5-4-1;1-2-4-5-3-1/h1,3,5H,2,4H2;1-3H;2*1-2H,(H,3,4,5). The lowest BCUT2D eigenvalue weighted by Crippen LogP contribution is -1.96. The number of hydrogen-bond acceptors (Lipinski definition) is 7. The molecule has 20 heavy (non-hydrogen) atoms. The smallest absolute Gasteiger partial charge is 0.137 e. The van der Waals surface area contributed by atoms with Crippen molar-refractivity contribution in [1.82, 2.24) is 40.9 Å². The van der Waals surface area contributed by atoms with Crippen molar-refractivity contribution in [2.45, 2.75) is 6.42 Å². The molecule has 0 radical (unpaired) electrons. The van der Waals surface area contributed by atoms with Gasteiger partial charge in [0.15, 0.2) is 0 Å². The van der Waals surface area contributed by atoms with Crippen LogP contribution in [0.1, 0.15) is 6.42 Å². The summed E-state index contributed by atoms with van der Waals surface area (Å²) in [6.07, 6.45) is 13.2. The monoisotopic (exact) mass is 292 g/mol. The van der Waals surface area contributed by atoms with E-state index in [2.05, 4.69) is 47.0 Å². The van der Waals surface area contributed by atoms with Gasteiger partial charge in [0.25, 0.3) is 0 Å². The zero-order chi connectivity index (χ0) is 14.1.